The topological polar surface area (TPSA) is 71.9 Å². The summed E-state index contributed by atoms with van der Waals surface area (Å²) < 4.78 is 5.47. The van der Waals surface area contributed by atoms with Gasteiger partial charge in [0.05, 0.1) is 11.9 Å². The summed E-state index contributed by atoms with van der Waals surface area (Å²) in [6.07, 6.45) is 1.46. The third-order valence-electron chi connectivity index (χ3n) is 1.95. The first kappa shape index (κ1) is 9.99. The Balaban J connectivity index is 2.32. The average molecular weight is 211 g/mol. The second-order valence-corrected chi connectivity index (χ2v) is 3.15. The minimum absolute atomic E-state index is 0.267. The summed E-state index contributed by atoms with van der Waals surface area (Å²) >= 11 is 0. The zero-order valence-electron chi connectivity index (χ0n) is 8.42. The van der Waals surface area contributed by atoms with Crippen molar-refractivity contribution in [3.8, 4) is 17.7 Å². The van der Waals surface area contributed by atoms with E-state index in [0.29, 0.717) is 17.0 Å². The third kappa shape index (κ3) is 2.10. The van der Waals surface area contributed by atoms with Gasteiger partial charge in [-0.15, -0.1) is 0 Å². The Bertz CT molecular complexity index is 532. The molecule has 0 aliphatic carbocycles. The van der Waals surface area contributed by atoms with Crippen LogP contribution in [0, 0.1) is 11.3 Å². The summed E-state index contributed by atoms with van der Waals surface area (Å²) in [5.41, 5.74) is 6.29. The standard InChI is InChI=1S/C12H9N3O/c13-7-9-6-10(14)8-15-12(9)16-11-4-2-1-3-5-11/h1-6,8H,14H2. The number of para-hydroxylation sites is 1. The lowest BCUT2D eigenvalue weighted by Crippen LogP contribution is -1.94. The largest absolute Gasteiger partial charge is 0.438 e. The van der Waals surface area contributed by atoms with Crippen molar-refractivity contribution in [1.29, 1.82) is 5.26 Å². The molecule has 0 radical (unpaired) electrons. The molecule has 2 rings (SSSR count). The van der Waals surface area contributed by atoms with Crippen LogP contribution in [-0.2, 0) is 0 Å². The van der Waals surface area contributed by atoms with Crippen molar-refractivity contribution in [3.05, 3.63) is 48.2 Å². The molecule has 0 aliphatic heterocycles. The van der Waals surface area contributed by atoms with Crippen molar-refractivity contribution >= 4 is 5.69 Å². The van der Waals surface area contributed by atoms with E-state index in [2.05, 4.69) is 4.98 Å². The molecule has 2 N–H and O–H groups in total. The van der Waals surface area contributed by atoms with E-state index in [4.69, 9.17) is 15.7 Å². The number of hydrogen-bond acceptors (Lipinski definition) is 4. The Kier molecular flexibility index (Phi) is 2.70. The fourth-order valence-electron chi connectivity index (χ4n) is 1.23. The van der Waals surface area contributed by atoms with Crippen molar-refractivity contribution in [2.45, 2.75) is 0 Å². The van der Waals surface area contributed by atoms with Gasteiger partial charge in [0.25, 0.3) is 0 Å². The lowest BCUT2D eigenvalue weighted by Gasteiger charge is -2.05. The molecule has 0 unspecified atom stereocenters. The summed E-state index contributed by atoms with van der Waals surface area (Å²) in [5.74, 6) is 0.902. The van der Waals surface area contributed by atoms with Gasteiger partial charge in [-0.25, -0.2) is 4.98 Å². The van der Waals surface area contributed by atoms with E-state index in [0.717, 1.165) is 0 Å². The smallest absolute Gasteiger partial charge is 0.237 e. The molecular formula is C12H9N3O. The predicted octanol–water partition coefficient (Wildman–Crippen LogP) is 2.33. The molecule has 0 saturated carbocycles. The number of nitrogen functional groups attached to an aromatic ring is 1. The molecule has 78 valence electrons. The lowest BCUT2D eigenvalue weighted by molar-refractivity contribution is 0.461. The number of rotatable bonds is 2. The van der Waals surface area contributed by atoms with Gasteiger partial charge in [0.2, 0.25) is 5.88 Å². The maximum absolute atomic E-state index is 8.90. The van der Waals surface area contributed by atoms with Crippen molar-refractivity contribution < 1.29 is 4.74 Å². The molecule has 0 fully saturated rings. The van der Waals surface area contributed by atoms with E-state index < -0.39 is 0 Å². The molecule has 1 aromatic heterocycles. The van der Waals surface area contributed by atoms with E-state index >= 15 is 0 Å². The van der Waals surface area contributed by atoms with E-state index in [-0.39, 0.29) is 5.88 Å². The molecule has 1 aromatic carbocycles. The Hall–Kier alpha value is -2.54. The molecule has 4 heteroatoms. The molecule has 0 atom stereocenters. The van der Waals surface area contributed by atoms with Crippen molar-refractivity contribution in [3.63, 3.8) is 0 Å². The van der Waals surface area contributed by atoms with Gasteiger partial charge in [-0.2, -0.15) is 5.26 Å². The molecule has 0 spiro atoms. The highest BCUT2D eigenvalue weighted by atomic mass is 16.5. The van der Waals surface area contributed by atoms with Crippen LogP contribution in [0.1, 0.15) is 5.56 Å². The highest BCUT2D eigenvalue weighted by Gasteiger charge is 2.06. The van der Waals surface area contributed by atoms with Crippen molar-refractivity contribution in [2.24, 2.45) is 0 Å². The van der Waals surface area contributed by atoms with Crippen LogP contribution in [-0.4, -0.2) is 4.98 Å². The Morgan fingerprint density at radius 1 is 1.25 bits per heavy atom. The predicted molar refractivity (Wildman–Crippen MR) is 59.9 cm³/mol. The van der Waals surface area contributed by atoms with Crippen LogP contribution in [0.4, 0.5) is 5.69 Å². The Morgan fingerprint density at radius 2 is 2.00 bits per heavy atom. The third-order valence-corrected chi connectivity index (χ3v) is 1.95. The minimum atomic E-state index is 0.267. The summed E-state index contributed by atoms with van der Waals surface area (Å²) in [6.45, 7) is 0. The van der Waals surface area contributed by atoms with Gasteiger partial charge in [0, 0.05) is 0 Å². The number of aromatic nitrogens is 1. The summed E-state index contributed by atoms with van der Waals surface area (Å²) in [7, 11) is 0. The van der Waals surface area contributed by atoms with Gasteiger partial charge in [-0.3, -0.25) is 0 Å². The van der Waals surface area contributed by atoms with Crippen LogP contribution < -0.4 is 10.5 Å². The SMILES string of the molecule is N#Cc1cc(N)cnc1Oc1ccccc1. The fourth-order valence-corrected chi connectivity index (χ4v) is 1.23. The molecule has 4 nitrogen and oxygen atoms in total. The maximum atomic E-state index is 8.90. The van der Waals surface area contributed by atoms with Gasteiger partial charge < -0.3 is 10.5 Å². The van der Waals surface area contributed by atoms with E-state index in [1.807, 2.05) is 24.3 Å². The highest BCUT2D eigenvalue weighted by Crippen LogP contribution is 2.23. The monoisotopic (exact) mass is 211 g/mol. The zero-order chi connectivity index (χ0) is 11.4. The van der Waals surface area contributed by atoms with E-state index in [9.17, 15) is 0 Å². The van der Waals surface area contributed by atoms with Crippen LogP contribution >= 0.6 is 0 Å². The number of hydrogen-bond donors (Lipinski definition) is 1. The molecule has 0 amide bonds. The average Bonchev–Trinajstić information content (AvgIpc) is 2.33. The minimum Gasteiger partial charge on any atom is -0.438 e. The number of nitriles is 1. The van der Waals surface area contributed by atoms with E-state index in [1.165, 1.54) is 12.3 Å². The summed E-state index contributed by atoms with van der Waals surface area (Å²) in [4.78, 5) is 3.97. The summed E-state index contributed by atoms with van der Waals surface area (Å²) in [5, 5.41) is 8.90. The van der Waals surface area contributed by atoms with Crippen LogP contribution in [0.3, 0.4) is 0 Å². The van der Waals surface area contributed by atoms with Gasteiger partial charge in [-0.1, -0.05) is 18.2 Å². The molecular weight excluding hydrogens is 202 g/mol. The Labute approximate surface area is 92.9 Å². The van der Waals surface area contributed by atoms with Crippen molar-refractivity contribution in [2.75, 3.05) is 5.73 Å². The van der Waals surface area contributed by atoms with Crippen molar-refractivity contribution in [1.82, 2.24) is 4.98 Å². The lowest BCUT2D eigenvalue weighted by atomic mass is 10.3. The first-order valence-electron chi connectivity index (χ1n) is 4.68. The maximum Gasteiger partial charge on any atom is 0.237 e. The number of ether oxygens (including phenoxy) is 1. The number of nitrogens with zero attached hydrogens (tertiary/aromatic N) is 2. The normalized spacial score (nSPS) is 9.44. The first-order valence-corrected chi connectivity index (χ1v) is 4.68. The fraction of sp³-hybridized carbons (Fsp3) is 0. The molecule has 0 saturated heterocycles. The Morgan fingerprint density at radius 3 is 2.69 bits per heavy atom. The number of benzene rings is 1. The van der Waals surface area contributed by atoms with Crippen LogP contribution in [0.2, 0.25) is 0 Å². The summed E-state index contributed by atoms with van der Waals surface area (Å²) in [6, 6.07) is 12.7. The van der Waals surface area contributed by atoms with Gasteiger partial charge in [0.15, 0.2) is 0 Å². The quantitative estimate of drug-likeness (QED) is 0.827. The zero-order valence-corrected chi connectivity index (χ0v) is 8.42. The molecule has 0 aliphatic rings. The van der Waals surface area contributed by atoms with Gasteiger partial charge in [-0.05, 0) is 18.2 Å². The number of anilines is 1. The highest BCUT2D eigenvalue weighted by molar-refractivity contribution is 5.49. The molecule has 16 heavy (non-hydrogen) atoms. The molecule has 1 heterocycles. The van der Waals surface area contributed by atoms with Crippen LogP contribution in [0.15, 0.2) is 42.6 Å². The van der Waals surface area contributed by atoms with Gasteiger partial charge >= 0.3 is 0 Å². The number of pyridine rings is 1. The van der Waals surface area contributed by atoms with E-state index in [1.54, 1.807) is 12.1 Å². The first-order chi connectivity index (χ1) is 7.79. The van der Waals surface area contributed by atoms with Crippen LogP contribution in [0.5, 0.6) is 11.6 Å². The second kappa shape index (κ2) is 4.32. The van der Waals surface area contributed by atoms with Gasteiger partial charge in [0.1, 0.15) is 17.4 Å². The molecule has 0 bridgehead atoms. The van der Waals surface area contributed by atoms with Crippen LogP contribution in [0.25, 0.3) is 0 Å². The number of nitrogens with two attached hydrogens (primary N) is 1. The second-order valence-electron chi connectivity index (χ2n) is 3.15. The molecule has 2 aromatic rings.